The SMILES string of the molecule is O=C1S/C(=C/c2ccco2)C(=O)N1CC1CCCCC1. The molecule has 0 unspecified atom stereocenters. The first-order chi connectivity index (χ1) is 9.74. The first kappa shape index (κ1) is 13.5. The number of hydrogen-bond acceptors (Lipinski definition) is 4. The maximum Gasteiger partial charge on any atom is 0.293 e. The van der Waals surface area contributed by atoms with Gasteiger partial charge in [-0.3, -0.25) is 14.5 Å². The molecule has 2 fully saturated rings. The van der Waals surface area contributed by atoms with Gasteiger partial charge in [0, 0.05) is 12.6 Å². The quantitative estimate of drug-likeness (QED) is 0.793. The van der Waals surface area contributed by atoms with Gasteiger partial charge in [-0.1, -0.05) is 19.3 Å². The van der Waals surface area contributed by atoms with Crippen LogP contribution in [0, 0.1) is 5.92 Å². The Morgan fingerprint density at radius 3 is 2.80 bits per heavy atom. The van der Waals surface area contributed by atoms with E-state index < -0.39 is 0 Å². The van der Waals surface area contributed by atoms with Crippen molar-refractivity contribution >= 4 is 29.0 Å². The molecule has 1 aliphatic carbocycles. The number of thioether (sulfide) groups is 1. The summed E-state index contributed by atoms with van der Waals surface area (Å²) in [6.07, 6.45) is 9.14. The van der Waals surface area contributed by atoms with Gasteiger partial charge in [0.15, 0.2) is 0 Å². The van der Waals surface area contributed by atoms with Gasteiger partial charge in [0.1, 0.15) is 5.76 Å². The third-order valence-electron chi connectivity index (χ3n) is 3.86. The predicted octanol–water partition coefficient (Wildman–Crippen LogP) is 3.90. The van der Waals surface area contributed by atoms with Gasteiger partial charge in [-0.05, 0) is 42.7 Å². The highest BCUT2D eigenvalue weighted by molar-refractivity contribution is 8.18. The zero-order chi connectivity index (χ0) is 13.9. The second kappa shape index (κ2) is 5.87. The zero-order valence-corrected chi connectivity index (χ0v) is 12.0. The van der Waals surface area contributed by atoms with Crippen LogP contribution in [0.3, 0.4) is 0 Å². The van der Waals surface area contributed by atoms with Gasteiger partial charge in [0.25, 0.3) is 11.1 Å². The van der Waals surface area contributed by atoms with E-state index in [1.807, 2.05) is 0 Å². The Morgan fingerprint density at radius 2 is 2.10 bits per heavy atom. The van der Waals surface area contributed by atoms with Gasteiger partial charge in [-0.25, -0.2) is 0 Å². The van der Waals surface area contributed by atoms with Crippen LogP contribution in [0.4, 0.5) is 4.79 Å². The van der Waals surface area contributed by atoms with Crippen molar-refractivity contribution in [3.63, 3.8) is 0 Å². The van der Waals surface area contributed by atoms with Crippen molar-refractivity contribution in [1.29, 1.82) is 0 Å². The van der Waals surface area contributed by atoms with Gasteiger partial charge in [0.05, 0.1) is 11.2 Å². The first-order valence-electron chi connectivity index (χ1n) is 7.03. The molecule has 1 aromatic rings. The minimum atomic E-state index is -0.179. The third kappa shape index (κ3) is 2.82. The molecule has 1 aromatic heterocycles. The molecule has 1 aliphatic heterocycles. The van der Waals surface area contributed by atoms with Crippen LogP contribution in [0.15, 0.2) is 27.7 Å². The molecule has 2 amide bonds. The van der Waals surface area contributed by atoms with E-state index in [-0.39, 0.29) is 11.1 Å². The number of amides is 2. The van der Waals surface area contributed by atoms with E-state index in [0.717, 1.165) is 24.6 Å². The number of carbonyl (C=O) groups excluding carboxylic acids is 2. The number of hydrogen-bond donors (Lipinski definition) is 0. The van der Waals surface area contributed by atoms with Crippen molar-refractivity contribution in [2.75, 3.05) is 6.54 Å². The minimum Gasteiger partial charge on any atom is -0.465 e. The van der Waals surface area contributed by atoms with Crippen molar-refractivity contribution in [3.05, 3.63) is 29.1 Å². The smallest absolute Gasteiger partial charge is 0.293 e. The van der Waals surface area contributed by atoms with E-state index in [0.29, 0.717) is 23.1 Å². The molecule has 4 nitrogen and oxygen atoms in total. The molecule has 5 heteroatoms. The molecule has 106 valence electrons. The summed E-state index contributed by atoms with van der Waals surface area (Å²) in [6.45, 7) is 0.570. The predicted molar refractivity (Wildman–Crippen MR) is 78.0 cm³/mol. The first-order valence-corrected chi connectivity index (χ1v) is 7.84. The highest BCUT2D eigenvalue weighted by Gasteiger charge is 2.36. The molecule has 2 heterocycles. The van der Waals surface area contributed by atoms with Crippen molar-refractivity contribution in [3.8, 4) is 0 Å². The Morgan fingerprint density at radius 1 is 1.30 bits per heavy atom. The maximum absolute atomic E-state index is 12.3. The molecule has 0 radical (unpaired) electrons. The standard InChI is InChI=1S/C15H17NO3S/c17-14-13(9-12-7-4-8-19-12)20-15(18)16(14)10-11-5-2-1-3-6-11/h4,7-9,11H,1-3,5-6,10H2/b13-9+. The zero-order valence-electron chi connectivity index (χ0n) is 11.2. The number of imide groups is 1. The number of carbonyl (C=O) groups is 2. The summed E-state index contributed by atoms with van der Waals surface area (Å²) in [4.78, 5) is 26.1. The summed E-state index contributed by atoms with van der Waals surface area (Å²) in [5.41, 5.74) is 0. The van der Waals surface area contributed by atoms with Crippen LogP contribution < -0.4 is 0 Å². The fraction of sp³-hybridized carbons (Fsp3) is 0.467. The lowest BCUT2D eigenvalue weighted by atomic mass is 9.89. The van der Waals surface area contributed by atoms with Gasteiger partial charge < -0.3 is 4.42 Å². The van der Waals surface area contributed by atoms with Gasteiger partial charge in [-0.2, -0.15) is 0 Å². The number of furan rings is 1. The van der Waals surface area contributed by atoms with E-state index in [9.17, 15) is 9.59 Å². The van der Waals surface area contributed by atoms with Crippen LogP contribution in [0.5, 0.6) is 0 Å². The average molecular weight is 291 g/mol. The molecule has 0 spiro atoms. The fourth-order valence-electron chi connectivity index (χ4n) is 2.79. The largest absolute Gasteiger partial charge is 0.465 e. The van der Waals surface area contributed by atoms with Crippen molar-refractivity contribution < 1.29 is 14.0 Å². The van der Waals surface area contributed by atoms with Crippen molar-refractivity contribution in [2.24, 2.45) is 5.92 Å². The van der Waals surface area contributed by atoms with Crippen LogP contribution in [-0.4, -0.2) is 22.6 Å². The molecule has 2 aliphatic rings. The summed E-state index contributed by atoms with van der Waals surface area (Å²) in [5.74, 6) is 0.898. The molecule has 1 saturated heterocycles. The van der Waals surface area contributed by atoms with Crippen molar-refractivity contribution in [1.82, 2.24) is 4.90 Å². The molecule has 0 aromatic carbocycles. The Balaban J connectivity index is 1.70. The van der Waals surface area contributed by atoms with Crippen LogP contribution in [0.2, 0.25) is 0 Å². The fourth-order valence-corrected chi connectivity index (χ4v) is 3.62. The molecule has 0 N–H and O–H groups in total. The maximum atomic E-state index is 12.3. The van der Waals surface area contributed by atoms with E-state index >= 15 is 0 Å². The Labute approximate surface area is 122 Å². The van der Waals surface area contributed by atoms with Crippen LogP contribution in [0.1, 0.15) is 37.9 Å². The summed E-state index contributed by atoms with van der Waals surface area (Å²) in [5, 5.41) is -0.154. The molecular weight excluding hydrogens is 274 g/mol. The molecule has 0 atom stereocenters. The monoisotopic (exact) mass is 291 g/mol. The lowest BCUT2D eigenvalue weighted by Gasteiger charge is -2.25. The normalized spacial score (nSPS) is 23.0. The van der Waals surface area contributed by atoms with E-state index in [2.05, 4.69) is 0 Å². The Bertz CT molecular complexity index is 529. The molecule has 0 bridgehead atoms. The Kier molecular flexibility index (Phi) is 3.96. The van der Waals surface area contributed by atoms with E-state index in [4.69, 9.17) is 4.42 Å². The van der Waals surface area contributed by atoms with Crippen molar-refractivity contribution in [2.45, 2.75) is 32.1 Å². The average Bonchev–Trinajstić information content (AvgIpc) is 3.05. The van der Waals surface area contributed by atoms with E-state index in [1.54, 1.807) is 24.5 Å². The topological polar surface area (TPSA) is 50.5 Å². The number of rotatable bonds is 3. The molecule has 3 rings (SSSR count). The Hall–Kier alpha value is -1.49. The van der Waals surface area contributed by atoms with Crippen LogP contribution in [-0.2, 0) is 4.79 Å². The molecular formula is C15H17NO3S. The summed E-state index contributed by atoms with van der Waals surface area (Å²) >= 11 is 1.01. The van der Waals surface area contributed by atoms with Crippen LogP contribution in [0.25, 0.3) is 6.08 Å². The lowest BCUT2D eigenvalue weighted by molar-refractivity contribution is -0.123. The lowest BCUT2D eigenvalue weighted by Crippen LogP contribution is -2.34. The summed E-state index contributed by atoms with van der Waals surface area (Å²) in [7, 11) is 0. The molecule has 1 saturated carbocycles. The molecule has 20 heavy (non-hydrogen) atoms. The summed E-state index contributed by atoms with van der Waals surface area (Å²) in [6, 6.07) is 3.53. The second-order valence-electron chi connectivity index (χ2n) is 5.31. The summed E-state index contributed by atoms with van der Waals surface area (Å²) < 4.78 is 5.19. The number of nitrogens with zero attached hydrogens (tertiary/aromatic N) is 1. The van der Waals surface area contributed by atoms with E-state index in [1.165, 1.54) is 24.2 Å². The highest BCUT2D eigenvalue weighted by atomic mass is 32.2. The van der Waals surface area contributed by atoms with Gasteiger partial charge >= 0.3 is 0 Å². The van der Waals surface area contributed by atoms with Crippen LogP contribution >= 0.6 is 11.8 Å². The van der Waals surface area contributed by atoms with Gasteiger partial charge in [-0.15, -0.1) is 0 Å². The minimum absolute atomic E-state index is 0.154. The highest BCUT2D eigenvalue weighted by Crippen LogP contribution is 2.34. The van der Waals surface area contributed by atoms with Gasteiger partial charge in [0.2, 0.25) is 0 Å². The second-order valence-corrected chi connectivity index (χ2v) is 6.30. The third-order valence-corrected chi connectivity index (χ3v) is 4.76.